The lowest BCUT2D eigenvalue weighted by Gasteiger charge is -2.31. The highest BCUT2D eigenvalue weighted by Gasteiger charge is 2.27. The second-order valence-corrected chi connectivity index (χ2v) is 7.30. The number of nitrogens with two attached hydrogens (primary N) is 1. The molecule has 0 aliphatic carbocycles. The van der Waals surface area contributed by atoms with Crippen LogP contribution in [0.5, 0.6) is 5.75 Å². The van der Waals surface area contributed by atoms with E-state index in [0.29, 0.717) is 25.9 Å². The van der Waals surface area contributed by atoms with E-state index in [2.05, 4.69) is 0 Å². The van der Waals surface area contributed by atoms with Crippen LogP contribution in [0.2, 0.25) is 0 Å². The highest BCUT2D eigenvalue weighted by atomic mass is 32.2. The summed E-state index contributed by atoms with van der Waals surface area (Å²) in [5, 5.41) is 13.9. The highest BCUT2D eigenvalue weighted by Crippen LogP contribution is 2.26. The van der Waals surface area contributed by atoms with Crippen LogP contribution in [0, 0.1) is 5.92 Å². The van der Waals surface area contributed by atoms with Gasteiger partial charge in [-0.1, -0.05) is 0 Å². The topological polar surface area (TPSA) is 127 Å². The number of benzene rings is 1. The molecule has 8 nitrogen and oxygen atoms in total. The van der Waals surface area contributed by atoms with Gasteiger partial charge in [-0.25, -0.2) is 13.6 Å². The molecule has 0 aromatic heterocycles. The third-order valence-electron chi connectivity index (χ3n) is 4.09. The van der Waals surface area contributed by atoms with E-state index < -0.39 is 16.0 Å². The third kappa shape index (κ3) is 4.24. The minimum absolute atomic E-state index is 0.0456. The average Bonchev–Trinajstić information content (AvgIpc) is 2.53. The fourth-order valence-electron chi connectivity index (χ4n) is 2.79. The predicted molar refractivity (Wildman–Crippen MR) is 85.2 cm³/mol. The van der Waals surface area contributed by atoms with Gasteiger partial charge < -0.3 is 14.7 Å². The molecule has 9 heteroatoms. The Morgan fingerprint density at radius 2 is 1.96 bits per heavy atom. The molecule has 0 radical (unpaired) electrons. The second kappa shape index (κ2) is 7.18. The van der Waals surface area contributed by atoms with Crippen molar-refractivity contribution in [2.45, 2.75) is 24.2 Å². The highest BCUT2D eigenvalue weighted by molar-refractivity contribution is 7.89. The van der Waals surface area contributed by atoms with Crippen LogP contribution in [0.4, 0.5) is 0 Å². The monoisotopic (exact) mass is 356 g/mol. The summed E-state index contributed by atoms with van der Waals surface area (Å²) in [6.45, 7) is 0.832. The van der Waals surface area contributed by atoms with Crippen LogP contribution < -0.4 is 9.88 Å². The zero-order chi connectivity index (χ0) is 17.9. The van der Waals surface area contributed by atoms with Gasteiger partial charge in [-0.15, -0.1) is 0 Å². The number of hydrogen-bond donors (Lipinski definition) is 2. The van der Waals surface area contributed by atoms with Gasteiger partial charge in [0.2, 0.25) is 10.0 Å². The summed E-state index contributed by atoms with van der Waals surface area (Å²) in [7, 11) is -2.54. The summed E-state index contributed by atoms with van der Waals surface area (Å²) in [6.07, 6.45) is 1.27. The van der Waals surface area contributed by atoms with Gasteiger partial charge in [0.05, 0.1) is 17.6 Å². The van der Waals surface area contributed by atoms with Crippen molar-refractivity contribution in [1.29, 1.82) is 0 Å². The number of ether oxygens (including phenoxy) is 1. The molecule has 1 amide bonds. The van der Waals surface area contributed by atoms with Crippen molar-refractivity contribution in [2.75, 3.05) is 20.2 Å². The maximum absolute atomic E-state index is 12.7. The first-order valence-electron chi connectivity index (χ1n) is 7.44. The van der Waals surface area contributed by atoms with E-state index >= 15 is 0 Å². The smallest absolute Gasteiger partial charge is 0.303 e. The van der Waals surface area contributed by atoms with E-state index in [1.165, 1.54) is 25.3 Å². The molecule has 132 valence electrons. The van der Waals surface area contributed by atoms with E-state index in [9.17, 15) is 18.0 Å². The van der Waals surface area contributed by atoms with E-state index in [1.54, 1.807) is 4.90 Å². The standard InChI is InChI=1S/C15H20N2O6S/c1-23-13-3-2-11(24(16,21)22)9-12(13)15(20)17-6-4-10(5-7-17)8-14(18)19/h2-3,9-10H,4-8H2,1H3,(H,18,19)(H2,16,21,22). The fourth-order valence-corrected chi connectivity index (χ4v) is 3.33. The first-order valence-corrected chi connectivity index (χ1v) is 8.99. The minimum atomic E-state index is -3.93. The minimum Gasteiger partial charge on any atom is -0.496 e. The van der Waals surface area contributed by atoms with Gasteiger partial charge in [-0.05, 0) is 37.0 Å². The number of hydrogen-bond acceptors (Lipinski definition) is 5. The van der Waals surface area contributed by atoms with Gasteiger partial charge in [-0.2, -0.15) is 0 Å². The second-order valence-electron chi connectivity index (χ2n) is 5.74. The molecule has 2 rings (SSSR count). The predicted octanol–water partition coefficient (Wildman–Crippen LogP) is 0.669. The first-order chi connectivity index (χ1) is 11.2. The molecule has 1 saturated heterocycles. The number of sulfonamides is 1. The van der Waals surface area contributed by atoms with E-state index in [-0.39, 0.29) is 34.5 Å². The van der Waals surface area contributed by atoms with Crippen LogP contribution in [-0.2, 0) is 14.8 Å². The molecular formula is C15H20N2O6S. The molecule has 0 bridgehead atoms. The average molecular weight is 356 g/mol. The number of rotatable bonds is 5. The van der Waals surface area contributed by atoms with Crippen LogP contribution in [0.3, 0.4) is 0 Å². The summed E-state index contributed by atoms with van der Waals surface area (Å²) >= 11 is 0. The van der Waals surface area contributed by atoms with Crippen LogP contribution in [-0.4, -0.2) is 50.5 Å². The van der Waals surface area contributed by atoms with Gasteiger partial charge >= 0.3 is 5.97 Å². The summed E-state index contributed by atoms with van der Waals surface area (Å²) in [4.78, 5) is 24.8. The molecule has 1 heterocycles. The summed E-state index contributed by atoms with van der Waals surface area (Å²) in [5.41, 5.74) is 0.126. The number of amides is 1. The summed E-state index contributed by atoms with van der Waals surface area (Å²) in [6, 6.07) is 3.88. The van der Waals surface area contributed by atoms with Crippen molar-refractivity contribution in [3.8, 4) is 5.75 Å². The summed E-state index contributed by atoms with van der Waals surface area (Å²) in [5.74, 6) is -0.891. The van der Waals surface area contributed by atoms with Crippen molar-refractivity contribution in [3.63, 3.8) is 0 Å². The zero-order valence-corrected chi connectivity index (χ0v) is 14.1. The van der Waals surface area contributed by atoms with Gasteiger partial charge in [-0.3, -0.25) is 9.59 Å². The molecule has 1 aliphatic heterocycles. The Bertz CT molecular complexity index is 738. The lowest BCUT2D eigenvalue weighted by Crippen LogP contribution is -2.39. The molecule has 1 aromatic carbocycles. The Balaban J connectivity index is 2.19. The fraction of sp³-hybridized carbons (Fsp3) is 0.467. The number of carbonyl (C=O) groups excluding carboxylic acids is 1. The van der Waals surface area contributed by atoms with Crippen molar-refractivity contribution >= 4 is 21.9 Å². The molecule has 0 unspecified atom stereocenters. The van der Waals surface area contributed by atoms with Gasteiger partial charge in [0.25, 0.3) is 5.91 Å². The quantitative estimate of drug-likeness (QED) is 0.798. The first kappa shape index (κ1) is 18.2. The van der Waals surface area contributed by atoms with E-state index in [1.807, 2.05) is 0 Å². The maximum atomic E-state index is 12.7. The van der Waals surface area contributed by atoms with Crippen LogP contribution in [0.1, 0.15) is 29.6 Å². The number of methoxy groups -OCH3 is 1. The molecule has 1 fully saturated rings. The molecule has 0 spiro atoms. The van der Waals surface area contributed by atoms with Crippen LogP contribution in [0.25, 0.3) is 0 Å². The molecule has 24 heavy (non-hydrogen) atoms. The number of aliphatic carboxylic acids is 1. The Hall–Kier alpha value is -2.13. The van der Waals surface area contributed by atoms with Crippen molar-refractivity contribution in [1.82, 2.24) is 4.90 Å². The third-order valence-corrected chi connectivity index (χ3v) is 5.01. The maximum Gasteiger partial charge on any atom is 0.303 e. The Morgan fingerprint density at radius 3 is 2.46 bits per heavy atom. The number of nitrogens with zero attached hydrogens (tertiary/aromatic N) is 1. The number of carbonyl (C=O) groups is 2. The van der Waals surface area contributed by atoms with Crippen LogP contribution >= 0.6 is 0 Å². The molecule has 1 aliphatic rings. The normalized spacial score (nSPS) is 16.0. The van der Waals surface area contributed by atoms with Crippen molar-refractivity contribution in [3.05, 3.63) is 23.8 Å². The lowest BCUT2D eigenvalue weighted by atomic mass is 9.93. The molecule has 3 N–H and O–H groups in total. The molecule has 0 atom stereocenters. The zero-order valence-electron chi connectivity index (χ0n) is 13.3. The number of likely N-dealkylation sites (tertiary alicyclic amines) is 1. The molecule has 1 aromatic rings. The van der Waals surface area contributed by atoms with E-state index in [4.69, 9.17) is 15.0 Å². The molecule has 0 saturated carbocycles. The van der Waals surface area contributed by atoms with Crippen molar-refractivity contribution in [2.24, 2.45) is 11.1 Å². The van der Waals surface area contributed by atoms with Gasteiger partial charge in [0.15, 0.2) is 0 Å². The van der Waals surface area contributed by atoms with Gasteiger partial charge in [0, 0.05) is 19.5 Å². The van der Waals surface area contributed by atoms with Crippen molar-refractivity contribution < 1.29 is 27.9 Å². The largest absolute Gasteiger partial charge is 0.496 e. The SMILES string of the molecule is COc1ccc(S(N)(=O)=O)cc1C(=O)N1CCC(CC(=O)O)CC1. The number of piperidine rings is 1. The Morgan fingerprint density at radius 1 is 1.33 bits per heavy atom. The van der Waals surface area contributed by atoms with E-state index in [0.717, 1.165) is 0 Å². The summed E-state index contributed by atoms with van der Waals surface area (Å²) < 4.78 is 28.1. The van der Waals surface area contributed by atoms with Gasteiger partial charge in [0.1, 0.15) is 5.75 Å². The number of primary sulfonamides is 1. The van der Waals surface area contributed by atoms with Crippen LogP contribution in [0.15, 0.2) is 23.1 Å². The Labute approximate surface area is 140 Å². The number of carboxylic acid groups (broad SMARTS) is 1. The Kier molecular flexibility index (Phi) is 5.45. The lowest BCUT2D eigenvalue weighted by molar-refractivity contribution is -0.138. The number of carboxylic acids is 1. The molecular weight excluding hydrogens is 336 g/mol.